The lowest BCUT2D eigenvalue weighted by molar-refractivity contribution is 0.303. The van der Waals surface area contributed by atoms with Gasteiger partial charge in [0, 0.05) is 12.2 Å². The van der Waals surface area contributed by atoms with E-state index in [0.29, 0.717) is 16.6 Å². The van der Waals surface area contributed by atoms with Crippen LogP contribution in [0.5, 0.6) is 0 Å². The van der Waals surface area contributed by atoms with Gasteiger partial charge in [-0.15, -0.1) is 0 Å². The average molecular weight is 281 g/mol. The summed E-state index contributed by atoms with van der Waals surface area (Å²) in [7, 11) is 0. The molecule has 1 aromatic rings. The fourth-order valence-electron chi connectivity index (χ4n) is 1.82. The van der Waals surface area contributed by atoms with E-state index in [4.69, 9.17) is 18.0 Å². The molecule has 1 aromatic heterocycles. The highest BCUT2D eigenvalue weighted by atomic mass is 32.1. The van der Waals surface area contributed by atoms with Gasteiger partial charge in [0.2, 0.25) is 5.95 Å². The fourth-order valence-corrected chi connectivity index (χ4v) is 1.92. The van der Waals surface area contributed by atoms with Gasteiger partial charge in [-0.05, 0) is 39.0 Å². The number of aromatic nitrogens is 2. The Bertz CT molecular complexity index is 417. The third kappa shape index (κ3) is 5.48. The molecule has 19 heavy (non-hydrogen) atoms. The SMILES string of the molecule is CCN(CC)CCCNc1nc(C)cc(C(N)=S)n1. The maximum atomic E-state index is 5.59. The van der Waals surface area contributed by atoms with Gasteiger partial charge >= 0.3 is 0 Å². The van der Waals surface area contributed by atoms with Crippen molar-refractivity contribution in [3.8, 4) is 0 Å². The van der Waals surface area contributed by atoms with E-state index in [9.17, 15) is 0 Å². The van der Waals surface area contributed by atoms with Gasteiger partial charge in [-0.1, -0.05) is 26.1 Å². The van der Waals surface area contributed by atoms with Crippen molar-refractivity contribution in [2.45, 2.75) is 27.2 Å². The van der Waals surface area contributed by atoms with Crippen LogP contribution in [0.4, 0.5) is 5.95 Å². The van der Waals surface area contributed by atoms with Gasteiger partial charge in [0.25, 0.3) is 0 Å². The van der Waals surface area contributed by atoms with Crippen molar-refractivity contribution in [2.75, 3.05) is 31.5 Å². The van der Waals surface area contributed by atoms with Gasteiger partial charge in [-0.25, -0.2) is 9.97 Å². The van der Waals surface area contributed by atoms with Crippen LogP contribution in [0, 0.1) is 6.92 Å². The van der Waals surface area contributed by atoms with Crippen LogP contribution in [0.1, 0.15) is 31.7 Å². The van der Waals surface area contributed by atoms with E-state index in [1.165, 1.54) is 0 Å². The molecular formula is C13H23N5S. The van der Waals surface area contributed by atoms with Crippen molar-refractivity contribution in [3.63, 3.8) is 0 Å². The molecule has 3 N–H and O–H groups in total. The Morgan fingerprint density at radius 1 is 1.37 bits per heavy atom. The first-order chi connectivity index (χ1) is 9.06. The Kier molecular flexibility index (Phi) is 6.66. The fraction of sp³-hybridized carbons (Fsp3) is 0.615. The number of anilines is 1. The summed E-state index contributed by atoms with van der Waals surface area (Å²) in [6.45, 7) is 10.4. The molecule has 0 aliphatic heterocycles. The van der Waals surface area contributed by atoms with Crippen LogP contribution in [-0.4, -0.2) is 46.0 Å². The Morgan fingerprint density at radius 3 is 2.63 bits per heavy atom. The van der Waals surface area contributed by atoms with Crippen molar-refractivity contribution in [3.05, 3.63) is 17.5 Å². The average Bonchev–Trinajstić information content (AvgIpc) is 2.38. The maximum Gasteiger partial charge on any atom is 0.223 e. The lowest BCUT2D eigenvalue weighted by Crippen LogP contribution is -2.25. The first-order valence-corrected chi connectivity index (χ1v) is 7.09. The van der Waals surface area contributed by atoms with E-state index >= 15 is 0 Å². The molecule has 5 nitrogen and oxygen atoms in total. The summed E-state index contributed by atoms with van der Waals surface area (Å²) in [6, 6.07) is 1.80. The zero-order chi connectivity index (χ0) is 14.3. The zero-order valence-electron chi connectivity index (χ0n) is 11.9. The van der Waals surface area contributed by atoms with Gasteiger partial charge < -0.3 is 16.0 Å². The minimum absolute atomic E-state index is 0.302. The standard InChI is InChI=1S/C13H23N5S/c1-4-18(5-2)8-6-7-15-13-16-10(3)9-11(17-13)12(14)19/h9H,4-8H2,1-3H3,(H2,14,19)(H,15,16,17). The quantitative estimate of drug-likeness (QED) is 0.557. The van der Waals surface area contributed by atoms with Gasteiger partial charge in [-0.2, -0.15) is 0 Å². The van der Waals surface area contributed by atoms with Gasteiger partial charge in [-0.3, -0.25) is 0 Å². The number of nitrogens with zero attached hydrogens (tertiary/aromatic N) is 3. The van der Waals surface area contributed by atoms with E-state index in [1.807, 2.05) is 6.92 Å². The van der Waals surface area contributed by atoms with Crippen LogP contribution in [0.15, 0.2) is 6.07 Å². The molecule has 0 unspecified atom stereocenters. The molecule has 6 heteroatoms. The van der Waals surface area contributed by atoms with Gasteiger partial charge in [0.1, 0.15) is 10.7 Å². The van der Waals surface area contributed by atoms with Crippen molar-refractivity contribution in [1.29, 1.82) is 0 Å². The lowest BCUT2D eigenvalue weighted by Gasteiger charge is -2.17. The van der Waals surface area contributed by atoms with Crippen LogP contribution in [0.2, 0.25) is 0 Å². The highest BCUT2D eigenvalue weighted by molar-refractivity contribution is 7.80. The molecular weight excluding hydrogens is 258 g/mol. The molecule has 0 aliphatic rings. The zero-order valence-corrected chi connectivity index (χ0v) is 12.8. The first kappa shape index (κ1) is 15.8. The minimum atomic E-state index is 0.302. The normalized spacial score (nSPS) is 10.7. The monoisotopic (exact) mass is 281 g/mol. The molecule has 0 aliphatic carbocycles. The third-order valence-corrected chi connectivity index (χ3v) is 3.14. The van der Waals surface area contributed by atoms with Crippen molar-refractivity contribution in [1.82, 2.24) is 14.9 Å². The van der Waals surface area contributed by atoms with Crippen molar-refractivity contribution >= 4 is 23.2 Å². The van der Waals surface area contributed by atoms with Crippen molar-refractivity contribution < 1.29 is 0 Å². The maximum absolute atomic E-state index is 5.59. The molecule has 0 saturated heterocycles. The van der Waals surface area contributed by atoms with Crippen LogP contribution in [-0.2, 0) is 0 Å². The molecule has 1 rings (SSSR count). The summed E-state index contributed by atoms with van der Waals surface area (Å²) in [5, 5.41) is 3.22. The van der Waals surface area contributed by atoms with Gasteiger partial charge in [0.15, 0.2) is 0 Å². The second-order valence-electron chi connectivity index (χ2n) is 4.39. The van der Waals surface area contributed by atoms with Crippen molar-refractivity contribution in [2.24, 2.45) is 5.73 Å². The van der Waals surface area contributed by atoms with E-state index in [-0.39, 0.29) is 0 Å². The Morgan fingerprint density at radius 2 is 2.05 bits per heavy atom. The van der Waals surface area contributed by atoms with E-state index in [0.717, 1.165) is 38.3 Å². The van der Waals surface area contributed by atoms with E-state index < -0.39 is 0 Å². The second-order valence-corrected chi connectivity index (χ2v) is 4.83. The number of hydrogen-bond donors (Lipinski definition) is 2. The minimum Gasteiger partial charge on any atom is -0.388 e. The molecule has 0 radical (unpaired) electrons. The Balaban J connectivity index is 2.47. The molecule has 0 saturated carbocycles. The Labute approximate surface area is 120 Å². The predicted octanol–water partition coefficient (Wildman–Crippen LogP) is 1.56. The lowest BCUT2D eigenvalue weighted by atomic mass is 10.3. The predicted molar refractivity (Wildman–Crippen MR) is 83.6 cm³/mol. The first-order valence-electron chi connectivity index (χ1n) is 6.68. The number of nitrogens with one attached hydrogen (secondary N) is 1. The van der Waals surface area contributed by atoms with E-state index in [1.54, 1.807) is 6.07 Å². The summed E-state index contributed by atoms with van der Waals surface area (Å²) in [5.41, 5.74) is 7.07. The summed E-state index contributed by atoms with van der Waals surface area (Å²) >= 11 is 4.94. The highest BCUT2D eigenvalue weighted by Gasteiger charge is 2.04. The number of aryl methyl sites for hydroxylation is 1. The van der Waals surface area contributed by atoms with Crippen LogP contribution in [0.3, 0.4) is 0 Å². The molecule has 1 heterocycles. The molecule has 0 atom stereocenters. The van der Waals surface area contributed by atoms with E-state index in [2.05, 4.69) is 34.0 Å². The number of rotatable bonds is 8. The van der Waals surface area contributed by atoms with Crippen LogP contribution in [0.25, 0.3) is 0 Å². The molecule has 0 fully saturated rings. The van der Waals surface area contributed by atoms with Gasteiger partial charge in [0.05, 0.1) is 0 Å². The Hall–Kier alpha value is -1.27. The summed E-state index contributed by atoms with van der Waals surface area (Å²) in [4.78, 5) is 11.3. The molecule has 0 aromatic carbocycles. The molecule has 0 amide bonds. The number of hydrogen-bond acceptors (Lipinski definition) is 5. The smallest absolute Gasteiger partial charge is 0.223 e. The molecule has 0 spiro atoms. The number of thiocarbonyl (C=S) groups is 1. The molecule has 0 bridgehead atoms. The largest absolute Gasteiger partial charge is 0.388 e. The van der Waals surface area contributed by atoms with Crippen LogP contribution < -0.4 is 11.1 Å². The highest BCUT2D eigenvalue weighted by Crippen LogP contribution is 2.05. The second kappa shape index (κ2) is 8.01. The summed E-state index contributed by atoms with van der Waals surface area (Å²) in [6.07, 6.45) is 1.06. The number of nitrogens with two attached hydrogens (primary N) is 1. The van der Waals surface area contributed by atoms with Crippen LogP contribution >= 0.6 is 12.2 Å². The third-order valence-electron chi connectivity index (χ3n) is 2.94. The molecule has 106 valence electrons. The topological polar surface area (TPSA) is 67.1 Å². The summed E-state index contributed by atoms with van der Waals surface area (Å²) in [5.74, 6) is 0.599. The summed E-state index contributed by atoms with van der Waals surface area (Å²) < 4.78 is 0.